The zero-order valence-electron chi connectivity index (χ0n) is 14.6. The first kappa shape index (κ1) is 19.7. The van der Waals surface area contributed by atoms with Crippen molar-refractivity contribution in [2.45, 2.75) is 32.1 Å². The van der Waals surface area contributed by atoms with Gasteiger partial charge in [0.25, 0.3) is 5.91 Å². The first-order valence-electron chi connectivity index (χ1n) is 8.41. The number of thioether (sulfide) groups is 1. The minimum absolute atomic E-state index is 0.0635. The predicted molar refractivity (Wildman–Crippen MR) is 107 cm³/mol. The molecule has 1 atom stereocenters. The third-order valence-corrected chi connectivity index (χ3v) is 4.93. The van der Waals surface area contributed by atoms with Gasteiger partial charge in [0, 0.05) is 23.1 Å². The van der Waals surface area contributed by atoms with E-state index in [1.54, 1.807) is 11.8 Å². The Labute approximate surface area is 159 Å². The first-order valence-corrected chi connectivity index (χ1v) is 9.95. The normalized spacial score (nSPS) is 11.8. The summed E-state index contributed by atoms with van der Waals surface area (Å²) in [7, 11) is 0. The molecular weight excluding hydrogens is 354 g/mol. The van der Waals surface area contributed by atoms with E-state index in [9.17, 15) is 4.79 Å². The second-order valence-electron chi connectivity index (χ2n) is 5.80. The van der Waals surface area contributed by atoms with Crippen molar-refractivity contribution in [1.29, 1.82) is 0 Å². The molecule has 0 aromatic heterocycles. The van der Waals surface area contributed by atoms with Crippen LogP contribution in [0.4, 0.5) is 0 Å². The second kappa shape index (κ2) is 10.4. The molecule has 1 N–H and O–H groups in total. The summed E-state index contributed by atoms with van der Waals surface area (Å²) < 4.78 is 5.79. The minimum atomic E-state index is -0.458. The van der Waals surface area contributed by atoms with Gasteiger partial charge < -0.3 is 10.1 Å². The molecule has 0 saturated carbocycles. The molecule has 0 aliphatic carbocycles. The van der Waals surface area contributed by atoms with Crippen LogP contribution in [0.15, 0.2) is 48.5 Å². The zero-order chi connectivity index (χ0) is 18.1. The molecule has 0 radical (unpaired) electrons. The first-order chi connectivity index (χ1) is 12.1. The Bertz CT molecular complexity index is 676. The monoisotopic (exact) mass is 377 g/mol. The number of nitrogens with one attached hydrogen (secondary N) is 1. The van der Waals surface area contributed by atoms with E-state index in [0.717, 1.165) is 22.3 Å². The number of amides is 1. The molecule has 0 saturated heterocycles. The Balaban J connectivity index is 1.69. The molecule has 0 aliphatic heterocycles. The van der Waals surface area contributed by atoms with Crippen molar-refractivity contribution in [3.63, 3.8) is 0 Å². The number of ether oxygens (including phenoxy) is 1. The van der Waals surface area contributed by atoms with Crippen LogP contribution in [0.5, 0.6) is 5.75 Å². The average Bonchev–Trinajstić information content (AvgIpc) is 2.61. The molecular formula is C20H24ClNO2S. The topological polar surface area (TPSA) is 38.3 Å². The van der Waals surface area contributed by atoms with Gasteiger partial charge >= 0.3 is 0 Å². The lowest BCUT2D eigenvalue weighted by atomic mass is 10.2. The van der Waals surface area contributed by atoms with Crippen molar-refractivity contribution in [3.8, 4) is 5.75 Å². The number of carbonyl (C=O) groups excluding carboxylic acids is 1. The van der Waals surface area contributed by atoms with Gasteiger partial charge in [-0.3, -0.25) is 4.79 Å². The number of rotatable bonds is 9. The number of carbonyl (C=O) groups is 1. The summed E-state index contributed by atoms with van der Waals surface area (Å²) in [5.74, 6) is 2.39. The molecule has 134 valence electrons. The third kappa shape index (κ3) is 7.00. The van der Waals surface area contributed by atoms with Crippen LogP contribution < -0.4 is 10.1 Å². The lowest BCUT2D eigenvalue weighted by molar-refractivity contribution is -0.127. The summed E-state index contributed by atoms with van der Waals surface area (Å²) in [5.41, 5.74) is 2.36. The summed E-state index contributed by atoms with van der Waals surface area (Å²) in [6.07, 6.45) is 0.177. The summed E-state index contributed by atoms with van der Waals surface area (Å²) >= 11 is 7.74. The van der Waals surface area contributed by atoms with Crippen molar-refractivity contribution < 1.29 is 9.53 Å². The van der Waals surface area contributed by atoms with Crippen LogP contribution in [0.3, 0.4) is 0 Å². The number of benzene rings is 2. The fourth-order valence-corrected chi connectivity index (χ4v) is 3.30. The van der Waals surface area contributed by atoms with Crippen LogP contribution in [0, 0.1) is 6.92 Å². The predicted octanol–water partition coefficient (Wildman–Crippen LogP) is 4.86. The molecule has 0 aliphatic rings. The molecule has 0 heterocycles. The standard InChI is InChI=1S/C20H24ClNO2S/c1-3-19(24-18-9-7-15(2)8-10-18)20(23)22-11-12-25-14-16-5-4-6-17(21)13-16/h4-10,13,19H,3,11-12,14H2,1-2H3,(H,22,23)/t19-/m0/s1. The third-order valence-electron chi connectivity index (χ3n) is 3.67. The van der Waals surface area contributed by atoms with E-state index < -0.39 is 6.10 Å². The Hall–Kier alpha value is -1.65. The van der Waals surface area contributed by atoms with Crippen molar-refractivity contribution in [2.75, 3.05) is 12.3 Å². The van der Waals surface area contributed by atoms with E-state index in [0.29, 0.717) is 13.0 Å². The SMILES string of the molecule is CC[C@H](Oc1ccc(C)cc1)C(=O)NCCSCc1cccc(Cl)c1. The minimum Gasteiger partial charge on any atom is -0.481 e. The molecule has 0 spiro atoms. The number of halogens is 1. The van der Waals surface area contributed by atoms with Gasteiger partial charge in [-0.2, -0.15) is 11.8 Å². The summed E-state index contributed by atoms with van der Waals surface area (Å²) in [6.45, 7) is 4.60. The van der Waals surface area contributed by atoms with Crippen molar-refractivity contribution in [1.82, 2.24) is 5.32 Å². The zero-order valence-corrected chi connectivity index (χ0v) is 16.2. The van der Waals surface area contributed by atoms with E-state index >= 15 is 0 Å². The highest BCUT2D eigenvalue weighted by Gasteiger charge is 2.17. The summed E-state index contributed by atoms with van der Waals surface area (Å²) in [6, 6.07) is 15.6. The van der Waals surface area contributed by atoms with Crippen LogP contribution in [-0.4, -0.2) is 24.3 Å². The summed E-state index contributed by atoms with van der Waals surface area (Å²) in [5, 5.41) is 3.71. The number of hydrogen-bond donors (Lipinski definition) is 1. The maximum absolute atomic E-state index is 12.3. The lowest BCUT2D eigenvalue weighted by Crippen LogP contribution is -2.39. The van der Waals surface area contributed by atoms with Crippen LogP contribution in [0.25, 0.3) is 0 Å². The van der Waals surface area contributed by atoms with Crippen LogP contribution in [-0.2, 0) is 10.5 Å². The van der Waals surface area contributed by atoms with Crippen LogP contribution in [0.1, 0.15) is 24.5 Å². The quantitative estimate of drug-likeness (QED) is 0.634. The molecule has 0 fully saturated rings. The molecule has 1 amide bonds. The Morgan fingerprint density at radius 1 is 1.24 bits per heavy atom. The van der Waals surface area contributed by atoms with Crippen LogP contribution >= 0.6 is 23.4 Å². The van der Waals surface area contributed by atoms with E-state index in [4.69, 9.17) is 16.3 Å². The lowest BCUT2D eigenvalue weighted by Gasteiger charge is -2.17. The summed E-state index contributed by atoms with van der Waals surface area (Å²) in [4.78, 5) is 12.3. The molecule has 2 aromatic rings. The van der Waals surface area contributed by atoms with Crippen molar-refractivity contribution >= 4 is 29.3 Å². The largest absolute Gasteiger partial charge is 0.481 e. The maximum atomic E-state index is 12.3. The van der Waals surface area contributed by atoms with Gasteiger partial charge in [0.1, 0.15) is 5.75 Å². The highest BCUT2D eigenvalue weighted by molar-refractivity contribution is 7.98. The van der Waals surface area contributed by atoms with Gasteiger partial charge in [0.15, 0.2) is 6.10 Å². The maximum Gasteiger partial charge on any atom is 0.261 e. The molecule has 25 heavy (non-hydrogen) atoms. The smallest absolute Gasteiger partial charge is 0.261 e. The Morgan fingerprint density at radius 2 is 2.00 bits per heavy atom. The van der Waals surface area contributed by atoms with Gasteiger partial charge in [-0.1, -0.05) is 48.4 Å². The van der Waals surface area contributed by atoms with Gasteiger partial charge in [-0.25, -0.2) is 0 Å². The fraction of sp³-hybridized carbons (Fsp3) is 0.350. The van der Waals surface area contributed by atoms with E-state index in [-0.39, 0.29) is 5.91 Å². The van der Waals surface area contributed by atoms with Gasteiger partial charge in [0.2, 0.25) is 0 Å². The van der Waals surface area contributed by atoms with Crippen LogP contribution in [0.2, 0.25) is 5.02 Å². The van der Waals surface area contributed by atoms with E-state index in [2.05, 4.69) is 11.4 Å². The second-order valence-corrected chi connectivity index (χ2v) is 7.34. The Kier molecular flexibility index (Phi) is 8.16. The molecule has 5 heteroatoms. The Morgan fingerprint density at radius 3 is 2.68 bits per heavy atom. The highest BCUT2D eigenvalue weighted by Crippen LogP contribution is 2.17. The molecule has 2 aromatic carbocycles. The number of hydrogen-bond acceptors (Lipinski definition) is 3. The molecule has 0 unspecified atom stereocenters. The number of aryl methyl sites for hydroxylation is 1. The van der Waals surface area contributed by atoms with Crippen molar-refractivity contribution in [3.05, 3.63) is 64.7 Å². The van der Waals surface area contributed by atoms with E-state index in [1.807, 2.05) is 56.3 Å². The van der Waals surface area contributed by atoms with Gasteiger partial charge in [-0.15, -0.1) is 0 Å². The average molecular weight is 378 g/mol. The van der Waals surface area contributed by atoms with Gasteiger partial charge in [-0.05, 0) is 43.2 Å². The highest BCUT2D eigenvalue weighted by atomic mass is 35.5. The molecule has 2 rings (SSSR count). The van der Waals surface area contributed by atoms with E-state index in [1.165, 1.54) is 11.1 Å². The van der Waals surface area contributed by atoms with Gasteiger partial charge in [0.05, 0.1) is 0 Å². The molecule has 3 nitrogen and oxygen atoms in total. The molecule has 0 bridgehead atoms. The van der Waals surface area contributed by atoms with Crippen molar-refractivity contribution in [2.24, 2.45) is 0 Å². The fourth-order valence-electron chi connectivity index (χ4n) is 2.28.